The zero-order valence-electron chi connectivity index (χ0n) is 21.1. The third-order valence-electron chi connectivity index (χ3n) is 6.73. The Kier molecular flexibility index (Phi) is 7.24. The number of amides is 2. The predicted molar refractivity (Wildman–Crippen MR) is 140 cm³/mol. The Bertz CT molecular complexity index is 1550. The molecule has 9 nitrogen and oxygen atoms in total. The van der Waals surface area contributed by atoms with Crippen molar-refractivity contribution in [3.8, 4) is 23.6 Å². The molecule has 194 valence electrons. The molecule has 2 aliphatic rings. The molecule has 2 heterocycles. The summed E-state index contributed by atoms with van der Waals surface area (Å²) < 4.78 is 16.7. The van der Waals surface area contributed by atoms with Gasteiger partial charge >= 0.3 is 12.0 Å². The van der Waals surface area contributed by atoms with Crippen LogP contribution in [-0.2, 0) is 16.0 Å². The van der Waals surface area contributed by atoms with Crippen LogP contribution in [0.4, 0.5) is 4.79 Å². The Hall–Kier alpha value is -5.15. The van der Waals surface area contributed by atoms with Crippen LogP contribution < -0.4 is 14.8 Å². The van der Waals surface area contributed by atoms with Crippen LogP contribution in [0.3, 0.4) is 0 Å². The van der Waals surface area contributed by atoms with Crippen molar-refractivity contribution in [2.45, 2.75) is 31.9 Å². The second kappa shape index (κ2) is 11.1. The van der Waals surface area contributed by atoms with E-state index >= 15 is 0 Å². The molecule has 9 heteroatoms. The van der Waals surface area contributed by atoms with Crippen molar-refractivity contribution in [3.63, 3.8) is 0 Å². The Morgan fingerprint density at radius 2 is 1.77 bits per heavy atom. The van der Waals surface area contributed by atoms with E-state index in [2.05, 4.69) is 22.4 Å². The second-order valence-corrected chi connectivity index (χ2v) is 9.25. The molecule has 3 atom stereocenters. The van der Waals surface area contributed by atoms with Crippen LogP contribution in [0.15, 0.2) is 71.7 Å². The van der Waals surface area contributed by atoms with Gasteiger partial charge in [0.2, 0.25) is 6.79 Å². The van der Waals surface area contributed by atoms with Crippen molar-refractivity contribution < 1.29 is 23.8 Å². The van der Waals surface area contributed by atoms with Gasteiger partial charge in [0.1, 0.15) is 12.0 Å². The highest BCUT2D eigenvalue weighted by Gasteiger charge is 2.40. The van der Waals surface area contributed by atoms with Gasteiger partial charge in [-0.05, 0) is 72.9 Å². The molecule has 0 aliphatic carbocycles. The number of carbonyl (C=O) groups is 2. The van der Waals surface area contributed by atoms with Crippen LogP contribution in [0.5, 0.6) is 11.5 Å². The smallest absolute Gasteiger partial charge is 0.341 e. The van der Waals surface area contributed by atoms with E-state index in [1.54, 1.807) is 55.5 Å². The Balaban J connectivity index is 1.44. The van der Waals surface area contributed by atoms with Crippen LogP contribution in [0.2, 0.25) is 0 Å². The summed E-state index contributed by atoms with van der Waals surface area (Å²) in [6, 6.07) is 22.1. The first kappa shape index (κ1) is 25.5. The number of fused-ring (bicyclic) bond motifs is 1. The molecule has 0 bridgehead atoms. The highest BCUT2D eigenvalue weighted by Crippen LogP contribution is 2.35. The van der Waals surface area contributed by atoms with Crippen LogP contribution in [-0.4, -0.2) is 24.5 Å². The number of hydrogen-bond donors (Lipinski definition) is 1. The maximum atomic E-state index is 13.7. The highest BCUT2D eigenvalue weighted by atomic mass is 16.7. The second-order valence-electron chi connectivity index (χ2n) is 9.25. The number of urea groups is 1. The quantitative estimate of drug-likeness (QED) is 0.437. The monoisotopic (exact) mass is 520 g/mol. The Morgan fingerprint density at radius 1 is 1.03 bits per heavy atom. The molecule has 0 saturated carbocycles. The molecule has 3 aromatic rings. The summed E-state index contributed by atoms with van der Waals surface area (Å²) in [5.74, 6) is -0.179. The minimum atomic E-state index is -0.924. The lowest BCUT2D eigenvalue weighted by molar-refractivity contribution is -0.152. The lowest BCUT2D eigenvalue weighted by Gasteiger charge is -2.32. The number of carbonyl (C=O) groups excluding carboxylic acids is 2. The number of benzene rings is 3. The van der Waals surface area contributed by atoms with Crippen molar-refractivity contribution in [1.29, 1.82) is 10.5 Å². The average molecular weight is 521 g/mol. The number of esters is 1. The number of aryl methyl sites for hydroxylation is 1. The number of hydrogen-bond acceptors (Lipinski definition) is 7. The normalized spacial score (nSPS) is 18.2. The van der Waals surface area contributed by atoms with Crippen LogP contribution in [0, 0.1) is 28.6 Å². The fraction of sp³-hybridized carbons (Fsp3) is 0.233. The number of nitrogens with zero attached hydrogens (tertiary/aromatic N) is 3. The van der Waals surface area contributed by atoms with Crippen molar-refractivity contribution in [1.82, 2.24) is 5.32 Å². The van der Waals surface area contributed by atoms with Crippen LogP contribution >= 0.6 is 0 Å². The van der Waals surface area contributed by atoms with Crippen LogP contribution in [0.1, 0.15) is 53.3 Å². The third kappa shape index (κ3) is 5.58. The van der Waals surface area contributed by atoms with Gasteiger partial charge in [-0.3, -0.25) is 4.79 Å². The standard InChI is InChI=1S/C30H24N4O5/c1-18(22-6-2-4-20(12-22)15-31)39-29(35)27-24(10-8-19-9-11-25-26(14-19)38-17-37-25)33-30(36)34-28(27)23-7-3-5-21(13-23)16-32/h2-7,9,11-14,18,27-28H,8,10,17H2,1H3,(H,34,36). The van der Waals surface area contributed by atoms with Gasteiger partial charge in [-0.25, -0.2) is 9.79 Å². The summed E-state index contributed by atoms with van der Waals surface area (Å²) in [5.41, 5.74) is 3.44. The lowest BCUT2D eigenvalue weighted by atomic mass is 9.84. The first-order chi connectivity index (χ1) is 18.9. The number of ether oxygens (including phenoxy) is 3. The van der Waals surface area contributed by atoms with Gasteiger partial charge < -0.3 is 19.5 Å². The third-order valence-corrected chi connectivity index (χ3v) is 6.73. The van der Waals surface area contributed by atoms with Gasteiger partial charge in [0.25, 0.3) is 0 Å². The maximum absolute atomic E-state index is 13.7. The molecule has 0 aromatic heterocycles. The zero-order valence-corrected chi connectivity index (χ0v) is 21.1. The van der Waals surface area contributed by atoms with Gasteiger partial charge in [-0.2, -0.15) is 10.5 Å². The summed E-state index contributed by atoms with van der Waals surface area (Å²) >= 11 is 0. The number of rotatable bonds is 7. The maximum Gasteiger partial charge on any atom is 0.341 e. The van der Waals surface area contributed by atoms with E-state index in [9.17, 15) is 20.1 Å². The van der Waals surface area contributed by atoms with Crippen molar-refractivity contribution in [2.24, 2.45) is 10.9 Å². The molecular formula is C30H24N4O5. The molecule has 0 spiro atoms. The van der Waals surface area contributed by atoms with Gasteiger partial charge in [0, 0.05) is 5.71 Å². The molecule has 5 rings (SSSR count). The van der Waals surface area contributed by atoms with E-state index in [0.29, 0.717) is 52.3 Å². The Morgan fingerprint density at radius 3 is 2.56 bits per heavy atom. The fourth-order valence-electron chi connectivity index (χ4n) is 4.75. The minimum absolute atomic E-state index is 0.165. The van der Waals surface area contributed by atoms with E-state index in [0.717, 1.165) is 5.56 Å². The lowest BCUT2D eigenvalue weighted by Crippen LogP contribution is -2.45. The molecule has 0 radical (unpaired) electrons. The predicted octanol–water partition coefficient (Wildman–Crippen LogP) is 4.92. The summed E-state index contributed by atoms with van der Waals surface area (Å²) in [6.07, 6.45) is 0.168. The van der Waals surface area contributed by atoms with Gasteiger partial charge in [-0.1, -0.05) is 30.3 Å². The molecular weight excluding hydrogens is 496 g/mol. The molecule has 2 aliphatic heterocycles. The topological polar surface area (TPSA) is 134 Å². The molecule has 3 aromatic carbocycles. The Labute approximate surface area is 225 Å². The fourth-order valence-corrected chi connectivity index (χ4v) is 4.75. The van der Waals surface area contributed by atoms with E-state index in [1.807, 2.05) is 18.2 Å². The number of aliphatic imine (C=N–C) groups is 1. The van der Waals surface area contributed by atoms with E-state index in [-0.39, 0.29) is 6.79 Å². The van der Waals surface area contributed by atoms with E-state index in [1.165, 1.54) is 0 Å². The number of nitriles is 2. The largest absolute Gasteiger partial charge is 0.457 e. The first-order valence-electron chi connectivity index (χ1n) is 12.4. The van der Waals surface area contributed by atoms with Gasteiger partial charge in [0.15, 0.2) is 11.5 Å². The highest BCUT2D eigenvalue weighted by molar-refractivity contribution is 6.09. The molecule has 0 saturated heterocycles. The summed E-state index contributed by atoms with van der Waals surface area (Å²) in [6.45, 7) is 1.89. The number of nitrogens with one attached hydrogen (secondary N) is 1. The minimum Gasteiger partial charge on any atom is -0.457 e. The SMILES string of the molecule is CC(OC(=O)C1C(CCc2ccc3c(c2)OCO3)=NC(=O)NC1c1cccc(C#N)c1)c1cccc(C#N)c1. The average Bonchev–Trinajstić information content (AvgIpc) is 3.43. The summed E-state index contributed by atoms with van der Waals surface area (Å²) in [5, 5.41) is 21.4. The van der Waals surface area contributed by atoms with Gasteiger partial charge in [0.05, 0.1) is 29.3 Å². The van der Waals surface area contributed by atoms with E-state index < -0.39 is 30.1 Å². The zero-order chi connectivity index (χ0) is 27.4. The molecule has 1 N–H and O–H groups in total. The van der Waals surface area contributed by atoms with E-state index in [4.69, 9.17) is 14.2 Å². The molecule has 3 unspecified atom stereocenters. The summed E-state index contributed by atoms with van der Waals surface area (Å²) in [7, 11) is 0. The summed E-state index contributed by atoms with van der Waals surface area (Å²) in [4.78, 5) is 30.6. The van der Waals surface area contributed by atoms with Gasteiger partial charge in [-0.15, -0.1) is 0 Å². The van der Waals surface area contributed by atoms with Crippen LogP contribution in [0.25, 0.3) is 0 Å². The van der Waals surface area contributed by atoms with Crippen molar-refractivity contribution in [2.75, 3.05) is 6.79 Å². The van der Waals surface area contributed by atoms with Crippen molar-refractivity contribution in [3.05, 3.63) is 94.5 Å². The molecule has 39 heavy (non-hydrogen) atoms. The first-order valence-corrected chi connectivity index (χ1v) is 12.4. The molecule has 2 amide bonds. The van der Waals surface area contributed by atoms with Crippen molar-refractivity contribution >= 4 is 17.7 Å². The molecule has 0 fully saturated rings.